The van der Waals surface area contributed by atoms with Crippen molar-refractivity contribution in [1.82, 2.24) is 0 Å². The van der Waals surface area contributed by atoms with E-state index in [0.29, 0.717) is 11.6 Å². The molecular formula is C7H12Cl2O2. The summed E-state index contributed by atoms with van der Waals surface area (Å²) in [7, 11) is 1.58. The Bertz CT molecular complexity index is 124. The maximum atomic E-state index is 7.91. The van der Waals surface area contributed by atoms with E-state index in [-0.39, 0.29) is 11.6 Å². The number of ether oxygens (including phenoxy) is 1. The van der Waals surface area contributed by atoms with Crippen molar-refractivity contribution in [2.75, 3.05) is 20.3 Å². The van der Waals surface area contributed by atoms with Gasteiger partial charge in [0.05, 0.1) is 13.2 Å². The first-order valence-electron chi connectivity index (χ1n) is 2.81. The van der Waals surface area contributed by atoms with Crippen LogP contribution in [-0.4, -0.2) is 25.4 Å². The largest absolute Gasteiger partial charge is 0.391 e. The summed E-state index contributed by atoms with van der Waals surface area (Å²) < 4.78 is 4.57. The van der Waals surface area contributed by atoms with E-state index in [2.05, 4.69) is 17.9 Å². The minimum absolute atomic E-state index is 0.123. The van der Waals surface area contributed by atoms with Crippen LogP contribution in [0.5, 0.6) is 0 Å². The predicted octanol–water partition coefficient (Wildman–Crippen LogP) is 2.12. The van der Waals surface area contributed by atoms with Crippen molar-refractivity contribution in [1.29, 1.82) is 0 Å². The van der Waals surface area contributed by atoms with Crippen LogP contribution in [0.4, 0.5) is 0 Å². The van der Waals surface area contributed by atoms with Crippen molar-refractivity contribution in [2.45, 2.75) is 0 Å². The highest BCUT2D eigenvalue weighted by Gasteiger charge is 1.78. The molecule has 1 N–H and O–H groups in total. The van der Waals surface area contributed by atoms with E-state index < -0.39 is 0 Å². The first-order valence-corrected chi connectivity index (χ1v) is 3.56. The lowest BCUT2D eigenvalue weighted by Gasteiger charge is -1.88. The molecule has 0 saturated heterocycles. The van der Waals surface area contributed by atoms with Gasteiger partial charge in [0.1, 0.15) is 0 Å². The third-order valence-corrected chi connectivity index (χ3v) is 0.701. The molecule has 11 heavy (non-hydrogen) atoms. The van der Waals surface area contributed by atoms with Gasteiger partial charge in [-0.1, -0.05) is 36.4 Å². The van der Waals surface area contributed by atoms with Crippen molar-refractivity contribution in [3.63, 3.8) is 0 Å². The smallest absolute Gasteiger partial charge is 0.0813 e. The van der Waals surface area contributed by atoms with Crippen molar-refractivity contribution in [3.05, 3.63) is 23.2 Å². The van der Waals surface area contributed by atoms with Crippen LogP contribution >= 0.6 is 23.2 Å². The second kappa shape index (κ2) is 9.98. The fourth-order valence-electron chi connectivity index (χ4n) is 0.157. The molecule has 0 radical (unpaired) electrons. The molecule has 0 aliphatic rings. The van der Waals surface area contributed by atoms with E-state index in [1.54, 1.807) is 7.11 Å². The van der Waals surface area contributed by atoms with Gasteiger partial charge < -0.3 is 9.84 Å². The van der Waals surface area contributed by atoms with Gasteiger partial charge in [-0.25, -0.2) is 0 Å². The molecule has 2 nitrogen and oxygen atoms in total. The van der Waals surface area contributed by atoms with Crippen LogP contribution < -0.4 is 0 Å². The lowest BCUT2D eigenvalue weighted by Crippen LogP contribution is -1.83. The summed E-state index contributed by atoms with van der Waals surface area (Å²) in [6.07, 6.45) is 0. The highest BCUT2D eigenvalue weighted by molar-refractivity contribution is 6.29. The minimum Gasteiger partial charge on any atom is -0.391 e. The number of aliphatic hydroxyl groups is 1. The maximum absolute atomic E-state index is 7.91. The Morgan fingerprint density at radius 3 is 1.73 bits per heavy atom. The number of hydrogen-bond acceptors (Lipinski definition) is 2. The SMILES string of the molecule is C=C(Cl)CO.C=C(Cl)COC. The Hall–Kier alpha value is -0.0200. The minimum atomic E-state index is -0.123. The van der Waals surface area contributed by atoms with Crippen LogP contribution in [0.25, 0.3) is 0 Å². The molecule has 0 unspecified atom stereocenters. The summed E-state index contributed by atoms with van der Waals surface area (Å²) in [5, 5.41) is 8.73. The van der Waals surface area contributed by atoms with Gasteiger partial charge in [0.2, 0.25) is 0 Å². The number of halogens is 2. The first-order chi connectivity index (χ1) is 5.04. The van der Waals surface area contributed by atoms with Gasteiger partial charge in [-0.3, -0.25) is 0 Å². The normalized spacial score (nSPS) is 8.00. The molecular weight excluding hydrogens is 187 g/mol. The van der Waals surface area contributed by atoms with Crippen molar-refractivity contribution >= 4 is 23.2 Å². The number of rotatable bonds is 3. The Labute approximate surface area is 77.1 Å². The summed E-state index contributed by atoms with van der Waals surface area (Å²) in [5.74, 6) is 0. The van der Waals surface area contributed by atoms with Gasteiger partial charge in [-0.15, -0.1) is 0 Å². The average molecular weight is 199 g/mol. The van der Waals surface area contributed by atoms with E-state index in [0.717, 1.165) is 0 Å². The summed E-state index contributed by atoms with van der Waals surface area (Å²) in [6.45, 7) is 6.90. The van der Waals surface area contributed by atoms with Crippen molar-refractivity contribution in [3.8, 4) is 0 Å². The molecule has 0 aliphatic heterocycles. The quantitative estimate of drug-likeness (QED) is 0.754. The lowest BCUT2D eigenvalue weighted by atomic mass is 10.7. The average Bonchev–Trinajstić information content (AvgIpc) is 1.89. The van der Waals surface area contributed by atoms with Crippen LogP contribution in [0, 0.1) is 0 Å². The van der Waals surface area contributed by atoms with Gasteiger partial charge in [0, 0.05) is 17.2 Å². The summed E-state index contributed by atoms with van der Waals surface area (Å²) in [6, 6.07) is 0. The van der Waals surface area contributed by atoms with Gasteiger partial charge >= 0.3 is 0 Å². The highest BCUT2D eigenvalue weighted by Crippen LogP contribution is 1.93. The molecule has 0 heterocycles. The van der Waals surface area contributed by atoms with Gasteiger partial charge in [0.15, 0.2) is 0 Å². The molecule has 66 valence electrons. The Balaban J connectivity index is 0. The number of hydrogen-bond donors (Lipinski definition) is 1. The maximum Gasteiger partial charge on any atom is 0.0813 e. The van der Waals surface area contributed by atoms with Gasteiger partial charge in [-0.2, -0.15) is 0 Å². The Morgan fingerprint density at radius 2 is 1.73 bits per heavy atom. The predicted molar refractivity (Wildman–Crippen MR) is 48.9 cm³/mol. The molecule has 0 saturated carbocycles. The van der Waals surface area contributed by atoms with Crippen LogP contribution in [0.15, 0.2) is 23.2 Å². The van der Waals surface area contributed by atoms with Crippen LogP contribution in [-0.2, 0) is 4.74 Å². The molecule has 0 spiro atoms. The zero-order chi connectivity index (χ0) is 9.28. The summed E-state index contributed by atoms with van der Waals surface area (Å²) in [5.41, 5.74) is 0. The standard InChI is InChI=1S/C4H7ClO.C3H5ClO/c1-4(5)3-6-2;1-3(4)2-5/h1,3H2,2H3;5H,1-2H2. The highest BCUT2D eigenvalue weighted by atomic mass is 35.5. The molecule has 0 aromatic carbocycles. The Kier molecular flexibility index (Phi) is 12.3. The molecule has 0 aliphatic carbocycles. The molecule has 0 rings (SSSR count). The zero-order valence-corrected chi connectivity index (χ0v) is 7.95. The molecule has 0 atom stereocenters. The fourth-order valence-corrected chi connectivity index (χ4v) is 0.266. The molecule has 0 aromatic rings. The second-order valence-electron chi connectivity index (χ2n) is 1.63. The monoisotopic (exact) mass is 198 g/mol. The molecule has 0 amide bonds. The van der Waals surface area contributed by atoms with Crippen LogP contribution in [0.1, 0.15) is 0 Å². The van der Waals surface area contributed by atoms with Gasteiger partial charge in [-0.05, 0) is 0 Å². The third-order valence-electron chi connectivity index (χ3n) is 0.473. The van der Waals surface area contributed by atoms with Crippen molar-refractivity contribution < 1.29 is 9.84 Å². The summed E-state index contributed by atoms with van der Waals surface area (Å²) in [4.78, 5) is 0. The summed E-state index contributed by atoms with van der Waals surface area (Å²) >= 11 is 10.3. The Morgan fingerprint density at radius 1 is 1.36 bits per heavy atom. The van der Waals surface area contributed by atoms with E-state index in [9.17, 15) is 0 Å². The van der Waals surface area contributed by atoms with Gasteiger partial charge in [0.25, 0.3) is 0 Å². The van der Waals surface area contributed by atoms with Crippen molar-refractivity contribution in [2.24, 2.45) is 0 Å². The first kappa shape index (κ1) is 13.6. The van der Waals surface area contributed by atoms with Crippen LogP contribution in [0.3, 0.4) is 0 Å². The lowest BCUT2D eigenvalue weighted by molar-refractivity contribution is 0.231. The van der Waals surface area contributed by atoms with E-state index in [4.69, 9.17) is 28.3 Å². The molecule has 0 aromatic heterocycles. The van der Waals surface area contributed by atoms with E-state index in [1.165, 1.54) is 0 Å². The van der Waals surface area contributed by atoms with Crippen LogP contribution in [0.2, 0.25) is 0 Å². The number of aliphatic hydroxyl groups excluding tert-OH is 1. The topological polar surface area (TPSA) is 29.5 Å². The molecule has 0 bridgehead atoms. The molecule has 4 heteroatoms. The molecule has 0 fully saturated rings. The third kappa shape index (κ3) is 25.6. The fraction of sp³-hybridized carbons (Fsp3) is 0.429. The van der Waals surface area contributed by atoms with E-state index in [1.807, 2.05) is 0 Å². The second-order valence-corrected chi connectivity index (χ2v) is 2.69. The number of methoxy groups -OCH3 is 1. The zero-order valence-electron chi connectivity index (χ0n) is 6.44. The van der Waals surface area contributed by atoms with E-state index >= 15 is 0 Å².